The summed E-state index contributed by atoms with van der Waals surface area (Å²) in [5.41, 5.74) is -0.351. The van der Waals surface area contributed by atoms with Crippen LogP contribution in [0.25, 0.3) is 0 Å². The van der Waals surface area contributed by atoms with E-state index >= 15 is 0 Å². The van der Waals surface area contributed by atoms with Crippen LogP contribution < -0.4 is 5.32 Å². The first-order chi connectivity index (χ1) is 16.1. The molecule has 0 unspecified atom stereocenters. The first-order valence-corrected chi connectivity index (χ1v) is 11.1. The highest BCUT2D eigenvalue weighted by atomic mass is 16.6. The van der Waals surface area contributed by atoms with Crippen molar-refractivity contribution in [3.8, 4) is 0 Å². The highest BCUT2D eigenvalue weighted by molar-refractivity contribution is 6.00. The number of hydrogen-bond acceptors (Lipinski definition) is 9. The van der Waals surface area contributed by atoms with Crippen molar-refractivity contribution in [3.05, 3.63) is 66.5 Å². The van der Waals surface area contributed by atoms with Crippen LogP contribution in [0.5, 0.6) is 0 Å². The molecule has 0 atom stereocenters. The average Bonchev–Trinajstić information content (AvgIpc) is 2.78. The predicted molar refractivity (Wildman–Crippen MR) is 123 cm³/mol. The van der Waals surface area contributed by atoms with E-state index < -0.39 is 39.1 Å². The highest BCUT2D eigenvalue weighted by Gasteiger charge is 2.41. The fourth-order valence-electron chi connectivity index (χ4n) is 3.67. The normalized spacial score (nSPS) is 14.0. The standard InChI is InChI=1S/C23H29N3O8/c1-5-7-11-33-22(27)19-14(3)24-15(4)20(23(28)34-12-8-6-2)21(19)17-10-9-16(25(29)30)13-18(17)26(31)32/h9-10,13,21,24H,5-8,11-12H2,1-4H3. The van der Waals surface area contributed by atoms with Gasteiger partial charge in [-0.15, -0.1) is 0 Å². The summed E-state index contributed by atoms with van der Waals surface area (Å²) in [7, 11) is 0. The number of nitro benzene ring substituents is 2. The van der Waals surface area contributed by atoms with Crippen molar-refractivity contribution in [2.45, 2.75) is 59.3 Å². The molecule has 1 N–H and O–H groups in total. The van der Waals surface area contributed by atoms with E-state index in [1.807, 2.05) is 13.8 Å². The SMILES string of the molecule is CCCCOC(=O)C1=C(C)NC(C)=C(C(=O)OCCCC)C1c1ccc([N+](=O)[O-])cc1[N+](=O)[O-]. The van der Waals surface area contributed by atoms with Gasteiger partial charge in [0.05, 0.1) is 46.2 Å². The molecule has 0 fully saturated rings. The number of nitrogens with zero attached hydrogens (tertiary/aromatic N) is 2. The first kappa shape index (κ1) is 26.5. The molecule has 1 aromatic rings. The Morgan fingerprint density at radius 2 is 1.41 bits per heavy atom. The van der Waals surface area contributed by atoms with Gasteiger partial charge >= 0.3 is 11.9 Å². The lowest BCUT2D eigenvalue weighted by atomic mass is 9.79. The summed E-state index contributed by atoms with van der Waals surface area (Å²) in [6.07, 6.45) is 2.81. The number of nitro groups is 2. The number of dihydropyridines is 1. The average molecular weight is 475 g/mol. The van der Waals surface area contributed by atoms with Gasteiger partial charge in [0.15, 0.2) is 0 Å². The van der Waals surface area contributed by atoms with Crippen LogP contribution in [-0.2, 0) is 19.1 Å². The largest absolute Gasteiger partial charge is 0.462 e. The van der Waals surface area contributed by atoms with Gasteiger partial charge in [0.1, 0.15) is 0 Å². The van der Waals surface area contributed by atoms with Crippen LogP contribution >= 0.6 is 0 Å². The Labute approximate surface area is 197 Å². The van der Waals surface area contributed by atoms with Gasteiger partial charge in [0.2, 0.25) is 0 Å². The molecule has 0 radical (unpaired) electrons. The van der Waals surface area contributed by atoms with Gasteiger partial charge in [-0.25, -0.2) is 9.59 Å². The summed E-state index contributed by atoms with van der Waals surface area (Å²) in [5.74, 6) is -2.67. The minimum Gasteiger partial charge on any atom is -0.462 e. The van der Waals surface area contributed by atoms with E-state index in [2.05, 4.69) is 5.32 Å². The molecule has 0 amide bonds. The number of hydrogen-bond donors (Lipinski definition) is 1. The Morgan fingerprint density at radius 3 is 1.82 bits per heavy atom. The Balaban J connectivity index is 2.70. The van der Waals surface area contributed by atoms with Gasteiger partial charge in [-0.05, 0) is 32.8 Å². The van der Waals surface area contributed by atoms with Crippen molar-refractivity contribution in [3.63, 3.8) is 0 Å². The molecule has 1 heterocycles. The molecule has 1 aliphatic rings. The van der Waals surface area contributed by atoms with E-state index in [4.69, 9.17) is 9.47 Å². The molecular weight excluding hydrogens is 446 g/mol. The third-order valence-electron chi connectivity index (χ3n) is 5.39. The van der Waals surface area contributed by atoms with E-state index in [9.17, 15) is 29.8 Å². The van der Waals surface area contributed by atoms with Crippen molar-refractivity contribution in [1.29, 1.82) is 0 Å². The van der Waals surface area contributed by atoms with E-state index in [0.717, 1.165) is 25.0 Å². The van der Waals surface area contributed by atoms with Gasteiger partial charge < -0.3 is 14.8 Å². The smallest absolute Gasteiger partial charge is 0.336 e. The molecule has 34 heavy (non-hydrogen) atoms. The van der Waals surface area contributed by atoms with Crippen LogP contribution in [0.15, 0.2) is 40.7 Å². The molecule has 0 saturated carbocycles. The minimum atomic E-state index is -1.20. The lowest BCUT2D eigenvalue weighted by Gasteiger charge is -2.30. The first-order valence-electron chi connectivity index (χ1n) is 11.1. The van der Waals surface area contributed by atoms with E-state index in [0.29, 0.717) is 24.2 Å². The third-order valence-corrected chi connectivity index (χ3v) is 5.39. The number of carbonyl (C=O) groups is 2. The molecule has 0 aromatic heterocycles. The number of ether oxygens (including phenoxy) is 2. The third kappa shape index (κ3) is 5.97. The summed E-state index contributed by atoms with van der Waals surface area (Å²) < 4.78 is 10.8. The molecule has 11 nitrogen and oxygen atoms in total. The second-order valence-electron chi connectivity index (χ2n) is 7.87. The zero-order valence-corrected chi connectivity index (χ0v) is 19.7. The fraction of sp³-hybridized carbons (Fsp3) is 0.478. The Hall–Kier alpha value is -3.76. The summed E-state index contributed by atoms with van der Waals surface area (Å²) in [6.45, 7) is 7.34. The maximum absolute atomic E-state index is 13.1. The molecule has 0 saturated heterocycles. The molecule has 11 heteroatoms. The van der Waals surface area contributed by atoms with Crippen molar-refractivity contribution in [2.24, 2.45) is 0 Å². The Bertz CT molecular complexity index is 1000. The van der Waals surface area contributed by atoms with Crippen molar-refractivity contribution in [2.75, 3.05) is 13.2 Å². The van der Waals surface area contributed by atoms with Gasteiger partial charge in [-0.1, -0.05) is 26.7 Å². The fourth-order valence-corrected chi connectivity index (χ4v) is 3.67. The monoisotopic (exact) mass is 475 g/mol. The van der Waals surface area contributed by atoms with Crippen LogP contribution in [-0.4, -0.2) is 35.0 Å². The van der Waals surface area contributed by atoms with Gasteiger partial charge in [-0.3, -0.25) is 20.2 Å². The summed E-state index contributed by atoms with van der Waals surface area (Å²) >= 11 is 0. The molecule has 184 valence electrons. The summed E-state index contributed by atoms with van der Waals surface area (Å²) in [5, 5.41) is 26.1. The van der Waals surface area contributed by atoms with E-state index in [-0.39, 0.29) is 29.9 Å². The van der Waals surface area contributed by atoms with Gasteiger partial charge in [0, 0.05) is 23.0 Å². The molecular formula is C23H29N3O8. The van der Waals surface area contributed by atoms with E-state index in [1.165, 1.54) is 6.07 Å². The maximum Gasteiger partial charge on any atom is 0.336 e. The maximum atomic E-state index is 13.1. The number of non-ortho nitro benzene ring substituents is 1. The van der Waals surface area contributed by atoms with Crippen LogP contribution in [0.3, 0.4) is 0 Å². The Morgan fingerprint density at radius 1 is 0.912 bits per heavy atom. The number of benzene rings is 1. The van der Waals surface area contributed by atoms with Crippen molar-refractivity contribution < 1.29 is 28.9 Å². The molecule has 2 rings (SSSR count). The second kappa shape index (κ2) is 11.9. The zero-order valence-electron chi connectivity index (χ0n) is 19.7. The predicted octanol–water partition coefficient (Wildman–Crippen LogP) is 4.42. The summed E-state index contributed by atoms with van der Waals surface area (Å²) in [4.78, 5) is 47.7. The molecule has 0 spiro atoms. The number of rotatable bonds is 11. The van der Waals surface area contributed by atoms with Crippen LogP contribution in [0, 0.1) is 20.2 Å². The second-order valence-corrected chi connectivity index (χ2v) is 7.87. The highest BCUT2D eigenvalue weighted by Crippen LogP contribution is 2.43. The zero-order chi connectivity index (χ0) is 25.4. The number of allylic oxidation sites excluding steroid dienone is 2. The number of nitrogens with one attached hydrogen (secondary N) is 1. The molecule has 0 bridgehead atoms. The molecule has 1 aliphatic heterocycles. The quantitative estimate of drug-likeness (QED) is 0.212. The minimum absolute atomic E-state index is 0.0149. The van der Waals surface area contributed by atoms with Crippen LogP contribution in [0.4, 0.5) is 11.4 Å². The lowest BCUT2D eigenvalue weighted by Crippen LogP contribution is -2.33. The van der Waals surface area contributed by atoms with Gasteiger partial charge in [-0.2, -0.15) is 0 Å². The summed E-state index contributed by atoms with van der Waals surface area (Å²) in [6, 6.07) is 3.13. The number of unbranched alkanes of at least 4 members (excludes halogenated alkanes) is 2. The number of carbonyl (C=O) groups excluding carboxylic acids is 2. The molecule has 1 aromatic carbocycles. The van der Waals surface area contributed by atoms with E-state index in [1.54, 1.807) is 13.8 Å². The topological polar surface area (TPSA) is 151 Å². The van der Waals surface area contributed by atoms with Crippen molar-refractivity contribution in [1.82, 2.24) is 5.32 Å². The van der Waals surface area contributed by atoms with Crippen LogP contribution in [0.1, 0.15) is 64.9 Å². The molecule has 0 aliphatic carbocycles. The van der Waals surface area contributed by atoms with Gasteiger partial charge in [0.25, 0.3) is 11.4 Å². The Kier molecular flexibility index (Phi) is 9.28. The van der Waals surface area contributed by atoms with Crippen molar-refractivity contribution >= 4 is 23.3 Å². The van der Waals surface area contributed by atoms with Crippen LogP contribution in [0.2, 0.25) is 0 Å². The lowest BCUT2D eigenvalue weighted by molar-refractivity contribution is -0.394. The number of esters is 2.